The van der Waals surface area contributed by atoms with E-state index in [-0.39, 0.29) is 0 Å². The van der Waals surface area contributed by atoms with Crippen LogP contribution < -0.4 is 9.80 Å². The van der Waals surface area contributed by atoms with Gasteiger partial charge in [-0.15, -0.1) is 0 Å². The number of aromatic nitrogens is 2. The lowest BCUT2D eigenvalue weighted by atomic mass is 9.85. The summed E-state index contributed by atoms with van der Waals surface area (Å²) in [5.74, 6) is 1.87. The van der Waals surface area contributed by atoms with Gasteiger partial charge in [0.15, 0.2) is 0 Å². The average Bonchev–Trinajstić information content (AvgIpc) is 2.69. The predicted octanol–water partition coefficient (Wildman–Crippen LogP) is 3.35. The second-order valence-corrected chi connectivity index (χ2v) is 8.09. The molecule has 0 aliphatic carbocycles. The summed E-state index contributed by atoms with van der Waals surface area (Å²) >= 11 is 0. The Morgan fingerprint density at radius 2 is 1.63 bits per heavy atom. The molecule has 0 atom stereocenters. The van der Waals surface area contributed by atoms with Gasteiger partial charge >= 0.3 is 0 Å². The molecule has 1 aromatic carbocycles. The summed E-state index contributed by atoms with van der Waals surface area (Å²) in [7, 11) is 0. The van der Waals surface area contributed by atoms with Crippen LogP contribution in [0.2, 0.25) is 0 Å². The minimum atomic E-state index is -0.628. The lowest BCUT2D eigenvalue weighted by Crippen LogP contribution is -2.46. The van der Waals surface area contributed by atoms with Gasteiger partial charge in [0.05, 0.1) is 5.60 Å². The number of hydrogen-bond donors (Lipinski definition) is 1. The zero-order valence-corrected chi connectivity index (χ0v) is 16.3. The Morgan fingerprint density at radius 3 is 2.33 bits per heavy atom. The van der Waals surface area contributed by atoms with Crippen LogP contribution in [0.25, 0.3) is 0 Å². The van der Waals surface area contributed by atoms with Crippen molar-refractivity contribution in [2.75, 3.05) is 36.0 Å². The summed E-state index contributed by atoms with van der Waals surface area (Å²) in [6, 6.07) is 12.4. The first-order chi connectivity index (χ1) is 13.1. The third kappa shape index (κ3) is 4.41. The number of aliphatic hydroxyl groups is 1. The first kappa shape index (κ1) is 18.2. The van der Waals surface area contributed by atoms with Gasteiger partial charge in [0.1, 0.15) is 5.82 Å². The van der Waals surface area contributed by atoms with Crippen LogP contribution in [0.1, 0.15) is 43.4 Å². The van der Waals surface area contributed by atoms with Gasteiger partial charge in [-0.05, 0) is 44.6 Å². The Hall–Kier alpha value is -2.14. The maximum Gasteiger partial charge on any atom is 0.227 e. The molecule has 2 aliphatic rings. The topological polar surface area (TPSA) is 52.5 Å². The largest absolute Gasteiger partial charge is 0.389 e. The molecule has 2 aliphatic heterocycles. The maximum atomic E-state index is 11.0. The predicted molar refractivity (Wildman–Crippen MR) is 109 cm³/mol. The number of benzene rings is 1. The van der Waals surface area contributed by atoms with Gasteiger partial charge in [0, 0.05) is 44.4 Å². The Balaban J connectivity index is 1.44. The fourth-order valence-electron chi connectivity index (χ4n) is 4.24. The molecular formula is C22H30N4O. The van der Waals surface area contributed by atoms with Crippen LogP contribution >= 0.6 is 0 Å². The monoisotopic (exact) mass is 366 g/mol. The molecule has 0 unspecified atom stereocenters. The van der Waals surface area contributed by atoms with Gasteiger partial charge in [-0.3, -0.25) is 0 Å². The van der Waals surface area contributed by atoms with Crippen molar-refractivity contribution in [3.8, 4) is 0 Å². The lowest BCUT2D eigenvalue weighted by molar-refractivity contribution is 0.0163. The van der Waals surface area contributed by atoms with Crippen molar-refractivity contribution in [1.82, 2.24) is 9.97 Å². The molecule has 144 valence electrons. The molecule has 0 radical (unpaired) electrons. The summed E-state index contributed by atoms with van der Waals surface area (Å²) in [4.78, 5) is 14.2. The van der Waals surface area contributed by atoms with Gasteiger partial charge in [-0.25, -0.2) is 4.98 Å². The molecular weight excluding hydrogens is 336 g/mol. The number of anilines is 2. The Kier molecular flexibility index (Phi) is 5.30. The van der Waals surface area contributed by atoms with Crippen molar-refractivity contribution in [3.63, 3.8) is 0 Å². The molecule has 5 heteroatoms. The fourth-order valence-corrected chi connectivity index (χ4v) is 4.24. The average molecular weight is 367 g/mol. The number of aryl methyl sites for hydroxylation is 1. The molecule has 2 saturated heterocycles. The first-order valence-electron chi connectivity index (χ1n) is 10.2. The van der Waals surface area contributed by atoms with Crippen molar-refractivity contribution < 1.29 is 5.11 Å². The fraction of sp³-hybridized carbons (Fsp3) is 0.545. The lowest BCUT2D eigenvalue weighted by Gasteiger charge is -2.38. The SMILES string of the molecule is Cc1cc(N2CCCCC2)nc(N2CCC(O)(Cc3ccccc3)CC2)n1. The zero-order chi connectivity index (χ0) is 18.7. The highest BCUT2D eigenvalue weighted by atomic mass is 16.3. The van der Waals surface area contributed by atoms with Crippen LogP contribution in [-0.2, 0) is 6.42 Å². The zero-order valence-electron chi connectivity index (χ0n) is 16.3. The van der Waals surface area contributed by atoms with Gasteiger partial charge in [-0.2, -0.15) is 4.98 Å². The highest BCUT2D eigenvalue weighted by Gasteiger charge is 2.33. The molecule has 0 amide bonds. The van der Waals surface area contributed by atoms with Crippen LogP contribution in [0.3, 0.4) is 0 Å². The van der Waals surface area contributed by atoms with Crippen molar-refractivity contribution in [3.05, 3.63) is 47.7 Å². The van der Waals surface area contributed by atoms with E-state index in [0.717, 1.165) is 62.9 Å². The van der Waals surface area contributed by atoms with E-state index >= 15 is 0 Å². The number of piperidine rings is 2. The number of hydrogen-bond acceptors (Lipinski definition) is 5. The second kappa shape index (κ2) is 7.85. The van der Waals surface area contributed by atoms with E-state index in [2.05, 4.69) is 28.0 Å². The van der Waals surface area contributed by atoms with Crippen molar-refractivity contribution >= 4 is 11.8 Å². The van der Waals surface area contributed by atoms with E-state index in [9.17, 15) is 5.11 Å². The standard InChI is InChI=1S/C22H30N4O/c1-18-16-20(25-12-6-3-7-13-25)24-21(23-18)26-14-10-22(27,11-15-26)17-19-8-4-2-5-9-19/h2,4-5,8-9,16,27H,3,6-7,10-15,17H2,1H3. The highest BCUT2D eigenvalue weighted by Crippen LogP contribution is 2.29. The summed E-state index contributed by atoms with van der Waals surface area (Å²) in [6.07, 6.45) is 6.02. The quantitative estimate of drug-likeness (QED) is 0.899. The van der Waals surface area contributed by atoms with E-state index in [4.69, 9.17) is 9.97 Å². The molecule has 0 bridgehead atoms. The molecule has 0 saturated carbocycles. The van der Waals surface area contributed by atoms with Crippen LogP contribution in [0.5, 0.6) is 0 Å². The van der Waals surface area contributed by atoms with Crippen molar-refractivity contribution in [1.29, 1.82) is 0 Å². The molecule has 1 aromatic heterocycles. The minimum absolute atomic E-state index is 0.628. The third-order valence-corrected chi connectivity index (χ3v) is 5.86. The first-order valence-corrected chi connectivity index (χ1v) is 10.2. The number of rotatable bonds is 4. The van der Waals surface area contributed by atoms with Crippen LogP contribution in [0.15, 0.2) is 36.4 Å². The van der Waals surface area contributed by atoms with E-state index in [1.54, 1.807) is 0 Å². The Labute approximate surface area is 162 Å². The number of nitrogens with zero attached hydrogens (tertiary/aromatic N) is 4. The molecule has 1 N–H and O–H groups in total. The van der Waals surface area contributed by atoms with E-state index < -0.39 is 5.60 Å². The second-order valence-electron chi connectivity index (χ2n) is 8.09. The molecule has 0 spiro atoms. The Morgan fingerprint density at radius 1 is 0.926 bits per heavy atom. The van der Waals surface area contributed by atoms with Crippen molar-refractivity contribution in [2.45, 2.75) is 51.0 Å². The van der Waals surface area contributed by atoms with Gasteiger partial charge in [-0.1, -0.05) is 30.3 Å². The van der Waals surface area contributed by atoms with Crippen LogP contribution in [0.4, 0.5) is 11.8 Å². The summed E-state index contributed by atoms with van der Waals surface area (Å²) < 4.78 is 0. The highest BCUT2D eigenvalue weighted by molar-refractivity contribution is 5.46. The van der Waals surface area contributed by atoms with Crippen LogP contribution in [0, 0.1) is 6.92 Å². The smallest absolute Gasteiger partial charge is 0.227 e. The molecule has 2 fully saturated rings. The van der Waals surface area contributed by atoms with Gasteiger partial charge in [0.25, 0.3) is 0 Å². The summed E-state index contributed by atoms with van der Waals surface area (Å²) in [5, 5.41) is 11.0. The van der Waals surface area contributed by atoms with E-state index in [1.165, 1.54) is 24.8 Å². The van der Waals surface area contributed by atoms with Gasteiger partial charge < -0.3 is 14.9 Å². The minimum Gasteiger partial charge on any atom is -0.389 e. The summed E-state index contributed by atoms with van der Waals surface area (Å²) in [6.45, 7) is 5.83. The maximum absolute atomic E-state index is 11.0. The molecule has 3 heterocycles. The molecule has 4 rings (SSSR count). The van der Waals surface area contributed by atoms with Crippen LogP contribution in [-0.4, -0.2) is 46.9 Å². The van der Waals surface area contributed by atoms with Gasteiger partial charge in [0.2, 0.25) is 5.95 Å². The van der Waals surface area contributed by atoms with E-state index in [0.29, 0.717) is 0 Å². The van der Waals surface area contributed by atoms with E-state index in [1.807, 2.05) is 25.1 Å². The Bertz CT molecular complexity index is 750. The third-order valence-electron chi connectivity index (χ3n) is 5.86. The molecule has 5 nitrogen and oxygen atoms in total. The summed E-state index contributed by atoms with van der Waals surface area (Å²) in [5.41, 5.74) is 1.59. The molecule has 2 aromatic rings. The van der Waals surface area contributed by atoms with Crippen molar-refractivity contribution in [2.24, 2.45) is 0 Å². The molecule has 27 heavy (non-hydrogen) atoms. The normalized spacial score (nSPS) is 19.9.